The Kier molecular flexibility index (Phi) is 7.35. The Morgan fingerprint density at radius 3 is 2.65 bits per heavy atom. The zero-order valence-corrected chi connectivity index (χ0v) is 19.2. The van der Waals surface area contributed by atoms with Gasteiger partial charge in [-0.25, -0.2) is 14.8 Å². The number of nitrogens with zero attached hydrogens (tertiary/aromatic N) is 4. The Labute approximate surface area is 198 Å². The van der Waals surface area contributed by atoms with Crippen molar-refractivity contribution < 1.29 is 19.0 Å². The first-order valence-electron chi connectivity index (χ1n) is 11.1. The summed E-state index contributed by atoms with van der Waals surface area (Å²) in [4.78, 5) is 23.1. The van der Waals surface area contributed by atoms with Crippen molar-refractivity contribution in [3.05, 3.63) is 71.7 Å². The van der Waals surface area contributed by atoms with Gasteiger partial charge in [-0.2, -0.15) is 5.26 Å². The topological polar surface area (TPSA) is 97.6 Å². The summed E-state index contributed by atoms with van der Waals surface area (Å²) in [5, 5.41) is 9.58. The summed E-state index contributed by atoms with van der Waals surface area (Å²) < 4.78 is 15.7. The van der Waals surface area contributed by atoms with Crippen LogP contribution in [0.25, 0.3) is 11.3 Å². The normalized spacial score (nSPS) is 14.2. The second-order valence-electron chi connectivity index (χ2n) is 7.91. The molecule has 1 aliphatic heterocycles. The highest BCUT2D eigenvalue weighted by molar-refractivity contribution is 5.74. The molecule has 8 nitrogen and oxygen atoms in total. The second-order valence-corrected chi connectivity index (χ2v) is 7.91. The SMILES string of the molecule is COC(=O)C(C)Oc1ccc(-c2ccnc(Cc3ccc(N4CCOCC4)cc3)n2)cc1C#N. The first-order valence-corrected chi connectivity index (χ1v) is 11.1. The summed E-state index contributed by atoms with van der Waals surface area (Å²) in [6, 6.07) is 17.5. The van der Waals surface area contributed by atoms with Crippen LogP contribution in [0, 0.1) is 11.3 Å². The number of carbonyl (C=O) groups is 1. The van der Waals surface area contributed by atoms with E-state index in [0.29, 0.717) is 29.3 Å². The number of carbonyl (C=O) groups excluding carboxylic acids is 1. The van der Waals surface area contributed by atoms with Gasteiger partial charge in [0.25, 0.3) is 0 Å². The third-order valence-electron chi connectivity index (χ3n) is 5.61. The van der Waals surface area contributed by atoms with Crippen LogP contribution < -0.4 is 9.64 Å². The van der Waals surface area contributed by atoms with Crippen LogP contribution in [-0.2, 0) is 20.7 Å². The monoisotopic (exact) mass is 458 g/mol. The number of anilines is 1. The van der Waals surface area contributed by atoms with Crippen LogP contribution in [-0.4, -0.2) is 55.5 Å². The molecule has 4 rings (SSSR count). The fourth-order valence-corrected chi connectivity index (χ4v) is 3.76. The zero-order valence-electron chi connectivity index (χ0n) is 19.2. The summed E-state index contributed by atoms with van der Waals surface area (Å²) in [5.74, 6) is 0.500. The van der Waals surface area contributed by atoms with Gasteiger partial charge in [-0.3, -0.25) is 0 Å². The quantitative estimate of drug-likeness (QED) is 0.497. The van der Waals surface area contributed by atoms with E-state index in [1.54, 1.807) is 31.3 Å². The molecular weight excluding hydrogens is 432 g/mol. The van der Waals surface area contributed by atoms with Gasteiger partial charge < -0.3 is 19.1 Å². The third-order valence-corrected chi connectivity index (χ3v) is 5.61. The van der Waals surface area contributed by atoms with Gasteiger partial charge >= 0.3 is 5.97 Å². The number of ether oxygens (including phenoxy) is 3. The molecule has 2 heterocycles. The van der Waals surface area contributed by atoms with E-state index in [1.807, 2.05) is 6.07 Å². The van der Waals surface area contributed by atoms with Crippen LogP contribution in [0.5, 0.6) is 5.75 Å². The molecule has 0 radical (unpaired) electrons. The van der Waals surface area contributed by atoms with Crippen LogP contribution >= 0.6 is 0 Å². The predicted octanol–water partition coefficient (Wildman–Crippen LogP) is 3.38. The Bertz CT molecular complexity index is 1180. The fourth-order valence-electron chi connectivity index (χ4n) is 3.76. The molecule has 1 aromatic heterocycles. The molecule has 1 saturated heterocycles. The maximum Gasteiger partial charge on any atom is 0.346 e. The van der Waals surface area contributed by atoms with Gasteiger partial charge in [0.15, 0.2) is 6.10 Å². The predicted molar refractivity (Wildman–Crippen MR) is 127 cm³/mol. The number of rotatable bonds is 7. The van der Waals surface area contributed by atoms with Crippen molar-refractivity contribution in [2.24, 2.45) is 0 Å². The van der Waals surface area contributed by atoms with Gasteiger partial charge in [-0.15, -0.1) is 0 Å². The highest BCUT2D eigenvalue weighted by Gasteiger charge is 2.17. The maximum absolute atomic E-state index is 11.6. The number of nitriles is 1. The molecule has 3 aromatic rings. The third kappa shape index (κ3) is 5.50. The molecule has 0 bridgehead atoms. The molecule has 1 atom stereocenters. The van der Waals surface area contributed by atoms with E-state index in [2.05, 4.69) is 45.0 Å². The Morgan fingerprint density at radius 2 is 1.94 bits per heavy atom. The van der Waals surface area contributed by atoms with Crippen molar-refractivity contribution in [3.63, 3.8) is 0 Å². The van der Waals surface area contributed by atoms with Crippen molar-refractivity contribution in [2.75, 3.05) is 38.3 Å². The Hall–Kier alpha value is -3.96. The van der Waals surface area contributed by atoms with E-state index in [9.17, 15) is 10.1 Å². The molecule has 0 amide bonds. The average molecular weight is 459 g/mol. The van der Waals surface area contributed by atoms with Gasteiger partial charge in [-0.05, 0) is 48.9 Å². The lowest BCUT2D eigenvalue weighted by Crippen LogP contribution is -2.36. The summed E-state index contributed by atoms with van der Waals surface area (Å²) in [7, 11) is 1.29. The van der Waals surface area contributed by atoms with Gasteiger partial charge in [0, 0.05) is 37.0 Å². The van der Waals surface area contributed by atoms with Crippen LogP contribution in [0.1, 0.15) is 23.9 Å². The Balaban J connectivity index is 1.49. The number of esters is 1. The molecule has 0 N–H and O–H groups in total. The molecule has 0 aliphatic carbocycles. The standard InChI is InChI=1S/C26H26N4O4/c1-18(26(31)32-2)34-24-8-5-20(16-21(24)17-27)23-9-10-28-25(29-23)15-19-3-6-22(7-4-19)30-11-13-33-14-12-30/h3-10,16,18H,11-15H2,1-2H3. The molecule has 1 unspecified atom stereocenters. The number of hydrogen-bond donors (Lipinski definition) is 0. The lowest BCUT2D eigenvalue weighted by molar-refractivity contribution is -0.147. The van der Waals surface area contributed by atoms with Gasteiger partial charge in [0.1, 0.15) is 17.6 Å². The first kappa shape index (κ1) is 23.2. The highest BCUT2D eigenvalue weighted by Crippen LogP contribution is 2.26. The number of hydrogen-bond acceptors (Lipinski definition) is 8. The first-order chi connectivity index (χ1) is 16.6. The zero-order chi connectivity index (χ0) is 23.9. The van der Waals surface area contributed by atoms with E-state index in [-0.39, 0.29) is 0 Å². The summed E-state index contributed by atoms with van der Waals surface area (Å²) in [6.45, 7) is 4.90. The van der Waals surface area contributed by atoms with E-state index in [1.165, 1.54) is 12.8 Å². The lowest BCUT2D eigenvalue weighted by atomic mass is 10.1. The molecule has 0 saturated carbocycles. The average Bonchev–Trinajstić information content (AvgIpc) is 2.89. The number of methoxy groups -OCH3 is 1. The van der Waals surface area contributed by atoms with Crippen molar-refractivity contribution >= 4 is 11.7 Å². The fraction of sp³-hybridized carbons (Fsp3) is 0.308. The molecule has 174 valence electrons. The molecule has 8 heteroatoms. The van der Waals surface area contributed by atoms with Gasteiger partial charge in [0.05, 0.1) is 31.6 Å². The minimum atomic E-state index is -0.816. The smallest absolute Gasteiger partial charge is 0.346 e. The van der Waals surface area contributed by atoms with E-state index in [0.717, 1.165) is 37.4 Å². The van der Waals surface area contributed by atoms with Crippen LogP contribution in [0.4, 0.5) is 5.69 Å². The highest BCUT2D eigenvalue weighted by atomic mass is 16.6. The van der Waals surface area contributed by atoms with Crippen molar-refractivity contribution in [1.82, 2.24) is 9.97 Å². The molecule has 34 heavy (non-hydrogen) atoms. The van der Waals surface area contributed by atoms with Crippen LogP contribution in [0.15, 0.2) is 54.7 Å². The molecule has 1 fully saturated rings. The maximum atomic E-state index is 11.6. The van der Waals surface area contributed by atoms with Crippen LogP contribution in [0.2, 0.25) is 0 Å². The van der Waals surface area contributed by atoms with E-state index >= 15 is 0 Å². The van der Waals surface area contributed by atoms with E-state index < -0.39 is 12.1 Å². The Morgan fingerprint density at radius 1 is 1.18 bits per heavy atom. The van der Waals surface area contributed by atoms with E-state index in [4.69, 9.17) is 14.5 Å². The second kappa shape index (κ2) is 10.8. The minimum Gasteiger partial charge on any atom is -0.478 e. The molecule has 2 aromatic carbocycles. The number of aromatic nitrogens is 2. The van der Waals surface area contributed by atoms with Gasteiger partial charge in [-0.1, -0.05) is 12.1 Å². The molecular formula is C26H26N4O4. The van der Waals surface area contributed by atoms with Crippen molar-refractivity contribution in [3.8, 4) is 23.1 Å². The molecule has 0 spiro atoms. The molecule has 1 aliphatic rings. The summed E-state index contributed by atoms with van der Waals surface area (Å²) in [6.07, 6.45) is 1.50. The van der Waals surface area contributed by atoms with Crippen molar-refractivity contribution in [1.29, 1.82) is 5.26 Å². The van der Waals surface area contributed by atoms with Gasteiger partial charge in [0.2, 0.25) is 0 Å². The number of morpholine rings is 1. The lowest BCUT2D eigenvalue weighted by Gasteiger charge is -2.28. The summed E-state index contributed by atoms with van der Waals surface area (Å²) >= 11 is 0. The van der Waals surface area contributed by atoms with Crippen molar-refractivity contribution in [2.45, 2.75) is 19.4 Å². The minimum absolute atomic E-state index is 0.312. The number of benzene rings is 2. The van der Waals surface area contributed by atoms with Crippen LogP contribution in [0.3, 0.4) is 0 Å². The summed E-state index contributed by atoms with van der Waals surface area (Å²) in [5.41, 5.74) is 4.09. The largest absolute Gasteiger partial charge is 0.478 e.